The molecule has 6 unspecified atom stereocenters. The second-order valence-corrected chi connectivity index (χ2v) is 9.26. The van der Waals surface area contributed by atoms with Crippen molar-refractivity contribution >= 4 is 12.1 Å². The Morgan fingerprint density at radius 3 is 2.39 bits per heavy atom. The van der Waals surface area contributed by atoms with Crippen LogP contribution in [0, 0.1) is 22.7 Å². The molecule has 0 aliphatic heterocycles. The quantitative estimate of drug-likeness (QED) is 0.353. The normalized spacial score (nSPS) is 48.0. The second-order valence-electron chi connectivity index (χ2n) is 9.26. The number of aldehydes is 1. The Hall–Kier alpha value is -1.44. The first-order valence-electron chi connectivity index (χ1n) is 11.1. The first kappa shape index (κ1) is 25.8. The van der Waals surface area contributed by atoms with Gasteiger partial charge in [0.25, 0.3) is 0 Å². The van der Waals surface area contributed by atoms with E-state index in [1.165, 1.54) is 13.0 Å². The van der Waals surface area contributed by atoms with Crippen LogP contribution in [0.3, 0.4) is 0 Å². The molecular formula is C24H36F2O5. The predicted octanol–water partition coefficient (Wildman–Crippen LogP) is 3.26. The highest BCUT2D eigenvalue weighted by molar-refractivity contribution is 5.89. The number of carbonyl (C=O) groups is 2. The standard InChI is InChI=1S/C22H30F2O5.C2H6/c1-4-7-19(2)14(6-9-25)16(23)10-15-13-5-8-21(29,18(28)12-26)20(13,3)11-17(27)22(15,19)24;1-2/h4,6-7,9,13,15-17,26-27,29H,5,8,10-12H2,1-3H3;1-2H3/b7-4-,14-6-;/t13?,15?,16-,17?,19?,20?,21?,22-;/m0./s1. The molecule has 0 radical (unpaired) electrons. The highest BCUT2D eigenvalue weighted by Crippen LogP contribution is 2.69. The maximum atomic E-state index is 16.9. The molecule has 0 aromatic carbocycles. The van der Waals surface area contributed by atoms with Gasteiger partial charge in [-0.15, -0.1) is 0 Å². The lowest BCUT2D eigenvalue weighted by molar-refractivity contribution is -0.221. The average Bonchev–Trinajstić information content (AvgIpc) is 3.00. The van der Waals surface area contributed by atoms with Crippen molar-refractivity contribution in [2.75, 3.05) is 6.61 Å². The molecule has 3 saturated carbocycles. The molecule has 0 saturated heterocycles. The number of fused-ring (bicyclic) bond motifs is 3. The van der Waals surface area contributed by atoms with Crippen molar-refractivity contribution in [3.8, 4) is 0 Å². The predicted molar refractivity (Wildman–Crippen MR) is 114 cm³/mol. The van der Waals surface area contributed by atoms with Crippen molar-refractivity contribution in [3.63, 3.8) is 0 Å². The SMILES string of the molecule is C/C=C\C1(C)/C(=C\C=O)[C@@H](F)CC2C3CCC(O)(C(=O)CO)C3(C)CC(O)[C@@]21F.CC. The Labute approximate surface area is 183 Å². The lowest BCUT2D eigenvalue weighted by Gasteiger charge is -2.62. The van der Waals surface area contributed by atoms with Gasteiger partial charge in [0.05, 0.1) is 6.10 Å². The van der Waals surface area contributed by atoms with E-state index in [9.17, 15) is 24.9 Å². The molecule has 3 aliphatic carbocycles. The van der Waals surface area contributed by atoms with Crippen molar-refractivity contribution < 1.29 is 33.7 Å². The number of carbonyl (C=O) groups excluding carboxylic acids is 2. The number of alkyl halides is 2. The zero-order valence-corrected chi connectivity index (χ0v) is 19.1. The van der Waals surface area contributed by atoms with Crippen molar-refractivity contribution in [3.05, 3.63) is 23.8 Å². The van der Waals surface area contributed by atoms with Gasteiger partial charge < -0.3 is 15.3 Å². The third-order valence-corrected chi connectivity index (χ3v) is 8.25. The molecule has 7 heteroatoms. The van der Waals surface area contributed by atoms with Crippen LogP contribution in [0.5, 0.6) is 0 Å². The van der Waals surface area contributed by atoms with Crippen molar-refractivity contribution in [1.29, 1.82) is 0 Å². The van der Waals surface area contributed by atoms with Crippen LogP contribution >= 0.6 is 0 Å². The van der Waals surface area contributed by atoms with E-state index in [0.29, 0.717) is 6.29 Å². The van der Waals surface area contributed by atoms with E-state index in [1.54, 1.807) is 19.9 Å². The Balaban J connectivity index is 0.00000166. The summed E-state index contributed by atoms with van der Waals surface area (Å²) in [6.07, 6.45) is 1.23. The molecule has 0 heterocycles. The van der Waals surface area contributed by atoms with Crippen LogP contribution in [-0.2, 0) is 9.59 Å². The summed E-state index contributed by atoms with van der Waals surface area (Å²) in [4.78, 5) is 23.5. The Bertz CT molecular complexity index is 767. The molecule has 31 heavy (non-hydrogen) atoms. The van der Waals surface area contributed by atoms with Crippen molar-refractivity contribution in [2.45, 2.75) is 83.8 Å². The van der Waals surface area contributed by atoms with Crippen molar-refractivity contribution in [1.82, 2.24) is 0 Å². The van der Waals surface area contributed by atoms with Crippen LogP contribution in [0.1, 0.15) is 60.3 Å². The van der Waals surface area contributed by atoms with Gasteiger partial charge in [0.2, 0.25) is 0 Å². The number of aliphatic hydroxyl groups is 3. The van der Waals surface area contributed by atoms with Gasteiger partial charge in [-0.25, -0.2) is 8.78 Å². The fraction of sp³-hybridized carbons (Fsp3) is 0.750. The Morgan fingerprint density at radius 2 is 1.87 bits per heavy atom. The molecule has 0 bridgehead atoms. The summed E-state index contributed by atoms with van der Waals surface area (Å²) in [5.41, 5.74) is -6.90. The molecular weight excluding hydrogens is 406 g/mol. The van der Waals surface area contributed by atoms with E-state index < -0.39 is 58.6 Å². The highest BCUT2D eigenvalue weighted by Gasteiger charge is 2.74. The average molecular weight is 443 g/mol. The van der Waals surface area contributed by atoms with Gasteiger partial charge in [0, 0.05) is 16.7 Å². The fourth-order valence-electron chi connectivity index (χ4n) is 6.79. The summed E-state index contributed by atoms with van der Waals surface area (Å²) in [5, 5.41) is 31.5. The largest absolute Gasteiger partial charge is 0.390 e. The zero-order chi connectivity index (χ0) is 23.8. The molecule has 176 valence electrons. The monoisotopic (exact) mass is 442 g/mol. The molecule has 3 N–H and O–H groups in total. The maximum absolute atomic E-state index is 16.9. The number of aliphatic hydroxyl groups excluding tert-OH is 2. The van der Waals surface area contributed by atoms with Crippen LogP contribution < -0.4 is 0 Å². The van der Waals surface area contributed by atoms with Crippen LogP contribution in [-0.4, -0.2) is 57.5 Å². The number of rotatable bonds is 4. The second kappa shape index (κ2) is 8.83. The molecule has 0 aromatic rings. The fourth-order valence-corrected chi connectivity index (χ4v) is 6.79. The molecule has 0 amide bonds. The molecule has 3 aliphatic rings. The van der Waals surface area contributed by atoms with E-state index in [4.69, 9.17) is 0 Å². The topological polar surface area (TPSA) is 94.8 Å². The summed E-state index contributed by atoms with van der Waals surface area (Å²) >= 11 is 0. The molecule has 3 fully saturated rings. The summed E-state index contributed by atoms with van der Waals surface area (Å²) in [5.74, 6) is -2.28. The number of halogens is 2. The lowest BCUT2D eigenvalue weighted by atomic mass is 9.44. The number of Topliss-reactive ketones (excluding diaryl/α,β-unsaturated/α-hetero) is 1. The van der Waals surface area contributed by atoms with Crippen LogP contribution in [0.25, 0.3) is 0 Å². The summed E-state index contributed by atoms with van der Waals surface area (Å²) in [6.45, 7) is 7.93. The molecule has 3 rings (SSSR count). The van der Waals surface area contributed by atoms with Gasteiger partial charge >= 0.3 is 0 Å². The zero-order valence-electron chi connectivity index (χ0n) is 19.1. The number of ketones is 1. The smallest absolute Gasteiger partial charge is 0.190 e. The number of allylic oxidation sites excluding steroid dienone is 4. The molecule has 5 nitrogen and oxygen atoms in total. The Morgan fingerprint density at radius 1 is 1.26 bits per heavy atom. The van der Waals surface area contributed by atoms with E-state index in [-0.39, 0.29) is 31.3 Å². The highest BCUT2D eigenvalue weighted by atomic mass is 19.1. The van der Waals surface area contributed by atoms with E-state index in [0.717, 1.165) is 6.08 Å². The van der Waals surface area contributed by atoms with Gasteiger partial charge in [-0.2, -0.15) is 0 Å². The lowest BCUT2D eigenvalue weighted by Crippen LogP contribution is -2.70. The molecule has 8 atom stereocenters. The minimum absolute atomic E-state index is 0.00769. The first-order chi connectivity index (χ1) is 14.5. The third kappa shape index (κ3) is 3.26. The van der Waals surface area contributed by atoms with Crippen LogP contribution in [0.2, 0.25) is 0 Å². The Kier molecular flexibility index (Phi) is 7.36. The molecule has 0 spiro atoms. The van der Waals surface area contributed by atoms with Crippen molar-refractivity contribution in [2.24, 2.45) is 22.7 Å². The minimum Gasteiger partial charge on any atom is -0.390 e. The van der Waals surface area contributed by atoms with E-state index >= 15 is 8.78 Å². The van der Waals surface area contributed by atoms with Gasteiger partial charge in [0.15, 0.2) is 11.5 Å². The summed E-state index contributed by atoms with van der Waals surface area (Å²) in [6, 6.07) is 0. The van der Waals surface area contributed by atoms with Gasteiger partial charge in [-0.3, -0.25) is 9.59 Å². The van der Waals surface area contributed by atoms with Crippen LogP contribution in [0.15, 0.2) is 23.8 Å². The first-order valence-corrected chi connectivity index (χ1v) is 11.1. The third-order valence-electron chi connectivity index (χ3n) is 8.25. The summed E-state index contributed by atoms with van der Waals surface area (Å²) in [7, 11) is 0. The minimum atomic E-state index is -2.27. The maximum Gasteiger partial charge on any atom is 0.190 e. The van der Waals surface area contributed by atoms with E-state index in [2.05, 4.69) is 0 Å². The number of hydrogen-bond donors (Lipinski definition) is 3. The van der Waals surface area contributed by atoms with Gasteiger partial charge in [0.1, 0.15) is 24.7 Å². The van der Waals surface area contributed by atoms with Gasteiger partial charge in [-0.05, 0) is 57.1 Å². The summed E-state index contributed by atoms with van der Waals surface area (Å²) < 4.78 is 32.1. The van der Waals surface area contributed by atoms with Crippen LogP contribution in [0.4, 0.5) is 8.78 Å². The van der Waals surface area contributed by atoms with Gasteiger partial charge in [-0.1, -0.05) is 32.9 Å². The number of hydrogen-bond acceptors (Lipinski definition) is 5. The molecule has 0 aromatic heterocycles. The van der Waals surface area contributed by atoms with E-state index in [1.807, 2.05) is 13.8 Å².